The highest BCUT2D eigenvalue weighted by molar-refractivity contribution is 5.75. The second-order valence-corrected chi connectivity index (χ2v) is 6.34. The summed E-state index contributed by atoms with van der Waals surface area (Å²) < 4.78 is 0. The van der Waals surface area contributed by atoms with Crippen molar-refractivity contribution < 1.29 is 9.90 Å². The highest BCUT2D eigenvalue weighted by Gasteiger charge is 2.49. The third-order valence-electron chi connectivity index (χ3n) is 5.33. The summed E-state index contributed by atoms with van der Waals surface area (Å²) in [6.45, 7) is 8.45. The Morgan fingerprint density at radius 1 is 1.41 bits per heavy atom. The molecule has 2 fully saturated rings. The molecule has 1 aliphatic heterocycles. The van der Waals surface area contributed by atoms with Crippen LogP contribution in [-0.4, -0.2) is 35.1 Å². The molecule has 0 aromatic rings. The van der Waals surface area contributed by atoms with Gasteiger partial charge in [0.2, 0.25) is 0 Å². The third kappa shape index (κ3) is 2.22. The molecule has 0 bridgehead atoms. The molecule has 0 spiro atoms. The number of nitrogens with zero attached hydrogens (tertiary/aromatic N) is 1. The van der Waals surface area contributed by atoms with Crippen LogP contribution >= 0.6 is 0 Å². The molecule has 98 valence electrons. The first-order valence-corrected chi connectivity index (χ1v) is 6.91. The highest BCUT2D eigenvalue weighted by Crippen LogP contribution is 2.51. The van der Waals surface area contributed by atoms with E-state index in [2.05, 4.69) is 18.7 Å². The van der Waals surface area contributed by atoms with E-state index in [9.17, 15) is 9.90 Å². The van der Waals surface area contributed by atoms with Gasteiger partial charge in [-0.1, -0.05) is 13.8 Å². The minimum Gasteiger partial charge on any atom is -0.481 e. The van der Waals surface area contributed by atoms with E-state index in [4.69, 9.17) is 0 Å². The van der Waals surface area contributed by atoms with Crippen LogP contribution in [0.4, 0.5) is 0 Å². The molecule has 3 nitrogen and oxygen atoms in total. The van der Waals surface area contributed by atoms with Crippen LogP contribution in [0.25, 0.3) is 0 Å². The van der Waals surface area contributed by atoms with Gasteiger partial charge in [-0.3, -0.25) is 9.69 Å². The lowest BCUT2D eigenvalue weighted by atomic mass is 9.76. The Balaban J connectivity index is 2.08. The van der Waals surface area contributed by atoms with Crippen molar-refractivity contribution in [3.63, 3.8) is 0 Å². The molecule has 1 N–H and O–H groups in total. The van der Waals surface area contributed by atoms with Gasteiger partial charge < -0.3 is 5.11 Å². The zero-order valence-corrected chi connectivity index (χ0v) is 11.3. The van der Waals surface area contributed by atoms with Gasteiger partial charge in [-0.2, -0.15) is 0 Å². The summed E-state index contributed by atoms with van der Waals surface area (Å²) >= 11 is 0. The van der Waals surface area contributed by atoms with Crippen LogP contribution in [-0.2, 0) is 4.79 Å². The second kappa shape index (κ2) is 4.27. The third-order valence-corrected chi connectivity index (χ3v) is 5.33. The van der Waals surface area contributed by atoms with Crippen LogP contribution in [0.3, 0.4) is 0 Å². The number of hydrogen-bond donors (Lipinski definition) is 1. The number of carboxylic acid groups (broad SMARTS) is 1. The van der Waals surface area contributed by atoms with E-state index in [1.165, 1.54) is 12.8 Å². The smallest absolute Gasteiger partial charge is 0.310 e. The van der Waals surface area contributed by atoms with Gasteiger partial charge in [-0.25, -0.2) is 0 Å². The topological polar surface area (TPSA) is 40.5 Å². The van der Waals surface area contributed by atoms with Gasteiger partial charge in [-0.05, 0) is 51.0 Å². The first-order valence-electron chi connectivity index (χ1n) is 6.91. The second-order valence-electron chi connectivity index (χ2n) is 6.34. The quantitative estimate of drug-likeness (QED) is 0.820. The molecule has 1 aliphatic carbocycles. The summed E-state index contributed by atoms with van der Waals surface area (Å²) in [7, 11) is 0. The predicted octanol–water partition coefficient (Wildman–Crippen LogP) is 2.75. The van der Waals surface area contributed by atoms with E-state index in [1.807, 2.05) is 6.92 Å². The van der Waals surface area contributed by atoms with Crippen molar-refractivity contribution in [3.8, 4) is 0 Å². The summed E-state index contributed by atoms with van der Waals surface area (Å²) in [6.07, 6.45) is 5.23. The van der Waals surface area contributed by atoms with Crippen molar-refractivity contribution in [2.24, 2.45) is 10.8 Å². The van der Waals surface area contributed by atoms with Gasteiger partial charge in [0.1, 0.15) is 0 Å². The Kier molecular flexibility index (Phi) is 3.23. The Morgan fingerprint density at radius 3 is 2.53 bits per heavy atom. The minimum absolute atomic E-state index is 0.454. The summed E-state index contributed by atoms with van der Waals surface area (Å²) in [4.78, 5) is 13.9. The summed E-state index contributed by atoms with van der Waals surface area (Å²) in [6, 6.07) is 0.535. The maximum Gasteiger partial charge on any atom is 0.310 e. The average Bonchev–Trinajstić information content (AvgIpc) is 3.07. The molecule has 2 rings (SSSR count). The fourth-order valence-corrected chi connectivity index (χ4v) is 3.17. The lowest BCUT2D eigenvalue weighted by molar-refractivity contribution is -0.153. The first-order chi connectivity index (χ1) is 7.93. The van der Waals surface area contributed by atoms with Crippen LogP contribution in [0.15, 0.2) is 0 Å². The molecule has 1 saturated carbocycles. The van der Waals surface area contributed by atoms with E-state index in [1.54, 1.807) is 0 Å². The largest absolute Gasteiger partial charge is 0.481 e. The van der Waals surface area contributed by atoms with E-state index in [0.29, 0.717) is 11.5 Å². The molecular formula is C14H25NO2. The van der Waals surface area contributed by atoms with Gasteiger partial charge in [0, 0.05) is 12.6 Å². The number of piperidine rings is 1. The maximum absolute atomic E-state index is 11.5. The van der Waals surface area contributed by atoms with Crippen molar-refractivity contribution in [2.45, 2.75) is 58.9 Å². The summed E-state index contributed by atoms with van der Waals surface area (Å²) in [5, 5.41) is 9.48. The van der Waals surface area contributed by atoms with Crippen LogP contribution in [0.1, 0.15) is 52.9 Å². The Hall–Kier alpha value is -0.570. The summed E-state index contributed by atoms with van der Waals surface area (Å²) in [5.41, 5.74) is -0.0346. The SMILES string of the molecule is CCC1(C(=O)O)CCCN(C(C)C2(C)CC2)C1. The van der Waals surface area contributed by atoms with E-state index < -0.39 is 11.4 Å². The average molecular weight is 239 g/mol. The molecule has 1 heterocycles. The molecule has 0 aromatic carbocycles. The van der Waals surface area contributed by atoms with Gasteiger partial charge in [0.05, 0.1) is 5.41 Å². The fraction of sp³-hybridized carbons (Fsp3) is 0.929. The number of rotatable bonds is 4. The fourth-order valence-electron chi connectivity index (χ4n) is 3.17. The summed E-state index contributed by atoms with van der Waals surface area (Å²) in [5.74, 6) is -0.599. The molecule has 2 atom stereocenters. The number of likely N-dealkylation sites (tertiary alicyclic amines) is 1. The highest BCUT2D eigenvalue weighted by atomic mass is 16.4. The lowest BCUT2D eigenvalue weighted by Crippen LogP contribution is -2.52. The van der Waals surface area contributed by atoms with Crippen LogP contribution in [0.5, 0.6) is 0 Å². The van der Waals surface area contributed by atoms with Gasteiger partial charge in [0.15, 0.2) is 0 Å². The van der Waals surface area contributed by atoms with Gasteiger partial charge in [0.25, 0.3) is 0 Å². The molecule has 2 unspecified atom stereocenters. The Morgan fingerprint density at radius 2 is 2.06 bits per heavy atom. The Bertz CT molecular complexity index is 311. The number of carboxylic acids is 1. The molecular weight excluding hydrogens is 214 g/mol. The normalized spacial score (nSPS) is 34.3. The van der Waals surface area contributed by atoms with Gasteiger partial charge in [-0.15, -0.1) is 0 Å². The van der Waals surface area contributed by atoms with Crippen molar-refractivity contribution in [2.75, 3.05) is 13.1 Å². The van der Waals surface area contributed by atoms with Crippen LogP contribution in [0.2, 0.25) is 0 Å². The van der Waals surface area contributed by atoms with Crippen molar-refractivity contribution in [1.29, 1.82) is 0 Å². The van der Waals surface area contributed by atoms with E-state index in [-0.39, 0.29) is 0 Å². The zero-order valence-electron chi connectivity index (χ0n) is 11.3. The number of aliphatic carboxylic acids is 1. The van der Waals surface area contributed by atoms with Crippen LogP contribution < -0.4 is 0 Å². The Labute approximate surface area is 104 Å². The molecule has 2 aliphatic rings. The van der Waals surface area contributed by atoms with E-state index in [0.717, 1.165) is 32.4 Å². The number of carbonyl (C=O) groups is 1. The first kappa shape index (κ1) is 12.9. The minimum atomic E-state index is -0.599. The van der Waals surface area contributed by atoms with E-state index >= 15 is 0 Å². The predicted molar refractivity (Wildman–Crippen MR) is 68.0 cm³/mol. The van der Waals surface area contributed by atoms with Gasteiger partial charge >= 0.3 is 5.97 Å². The lowest BCUT2D eigenvalue weighted by Gasteiger charge is -2.44. The molecule has 0 amide bonds. The standard InChI is InChI=1S/C14H25NO2/c1-4-14(12(16)17)6-5-9-15(10-14)11(2)13(3)7-8-13/h11H,4-10H2,1-3H3,(H,16,17). The van der Waals surface area contributed by atoms with Crippen molar-refractivity contribution >= 4 is 5.97 Å². The molecule has 17 heavy (non-hydrogen) atoms. The molecule has 0 aromatic heterocycles. The van der Waals surface area contributed by atoms with Crippen molar-refractivity contribution in [3.05, 3.63) is 0 Å². The molecule has 0 radical (unpaired) electrons. The monoisotopic (exact) mass is 239 g/mol. The van der Waals surface area contributed by atoms with Crippen molar-refractivity contribution in [1.82, 2.24) is 4.90 Å². The zero-order chi connectivity index (χ0) is 12.7. The molecule has 1 saturated heterocycles. The van der Waals surface area contributed by atoms with Crippen LogP contribution in [0, 0.1) is 10.8 Å². The molecule has 3 heteroatoms. The number of hydrogen-bond acceptors (Lipinski definition) is 2. The maximum atomic E-state index is 11.5.